The molecular formula is C10H14N4O2S2. The Balaban J connectivity index is 1.90. The maximum absolute atomic E-state index is 11.6. The lowest BCUT2D eigenvalue weighted by Crippen LogP contribution is -2.36. The Morgan fingerprint density at radius 3 is 3.17 bits per heavy atom. The number of rotatable bonds is 4. The molecule has 0 aliphatic carbocycles. The Kier molecular flexibility index (Phi) is 4.65. The van der Waals surface area contributed by atoms with Crippen LogP contribution in [-0.4, -0.2) is 33.6 Å². The zero-order valence-electron chi connectivity index (χ0n) is 10.2. The van der Waals surface area contributed by atoms with Crippen LogP contribution in [0, 0.1) is 0 Å². The number of nitrogens with zero attached hydrogens (tertiary/aromatic N) is 4. The highest BCUT2D eigenvalue weighted by atomic mass is 32.2. The first kappa shape index (κ1) is 13.4. The summed E-state index contributed by atoms with van der Waals surface area (Å²) in [7, 11) is 0. The van der Waals surface area contributed by atoms with Crippen molar-refractivity contribution in [2.45, 2.75) is 19.9 Å². The van der Waals surface area contributed by atoms with Gasteiger partial charge in [-0.05, 0) is 24.4 Å². The topological polar surface area (TPSA) is 77.7 Å². The molecular weight excluding hydrogens is 272 g/mol. The third-order valence-corrected chi connectivity index (χ3v) is 4.35. The molecule has 0 amide bonds. The van der Waals surface area contributed by atoms with E-state index in [0.29, 0.717) is 0 Å². The summed E-state index contributed by atoms with van der Waals surface area (Å²) >= 11 is 3.10. The molecule has 2 heterocycles. The molecule has 1 aliphatic rings. The van der Waals surface area contributed by atoms with E-state index in [9.17, 15) is 5.11 Å². The zero-order chi connectivity index (χ0) is 13.0. The van der Waals surface area contributed by atoms with E-state index >= 15 is 0 Å². The van der Waals surface area contributed by atoms with Gasteiger partial charge in [0.05, 0.1) is 6.54 Å². The Bertz CT molecular complexity index is 470. The molecule has 0 spiro atoms. The SMILES string of the molecule is CC(C)[n+]1cc(/N=C(\[O-])CSC2=NCCS2)on1. The fourth-order valence-electron chi connectivity index (χ4n) is 1.22. The Hall–Kier alpha value is -1.02. The molecule has 2 rings (SSSR count). The average Bonchev–Trinajstić information content (AvgIpc) is 2.96. The number of aliphatic imine (C=N–C) groups is 2. The summed E-state index contributed by atoms with van der Waals surface area (Å²) in [5, 5.41) is 15.4. The van der Waals surface area contributed by atoms with E-state index < -0.39 is 0 Å². The number of thioether (sulfide) groups is 2. The highest BCUT2D eigenvalue weighted by Gasteiger charge is 2.14. The van der Waals surface area contributed by atoms with Gasteiger partial charge in [0.15, 0.2) is 6.04 Å². The van der Waals surface area contributed by atoms with Gasteiger partial charge in [-0.25, -0.2) is 4.99 Å². The molecule has 0 saturated heterocycles. The predicted molar refractivity (Wildman–Crippen MR) is 71.4 cm³/mol. The molecule has 18 heavy (non-hydrogen) atoms. The molecule has 0 saturated carbocycles. The van der Waals surface area contributed by atoms with Crippen LogP contribution in [0.2, 0.25) is 0 Å². The van der Waals surface area contributed by atoms with Crippen molar-refractivity contribution in [1.82, 2.24) is 5.27 Å². The van der Waals surface area contributed by atoms with Crippen LogP contribution >= 0.6 is 23.5 Å². The lowest BCUT2D eigenvalue weighted by molar-refractivity contribution is -0.779. The van der Waals surface area contributed by atoms with E-state index in [2.05, 4.69) is 15.3 Å². The molecule has 0 unspecified atom stereocenters. The van der Waals surface area contributed by atoms with E-state index in [0.717, 1.165) is 16.7 Å². The van der Waals surface area contributed by atoms with Crippen molar-refractivity contribution in [1.29, 1.82) is 0 Å². The van der Waals surface area contributed by atoms with Gasteiger partial charge in [-0.15, -0.1) is 0 Å². The maximum Gasteiger partial charge on any atom is 0.320 e. The minimum atomic E-state index is -0.234. The minimum Gasteiger partial charge on any atom is -0.861 e. The van der Waals surface area contributed by atoms with Crippen LogP contribution in [-0.2, 0) is 0 Å². The third kappa shape index (κ3) is 3.74. The Labute approximate surface area is 114 Å². The second kappa shape index (κ2) is 6.24. The third-order valence-electron chi connectivity index (χ3n) is 2.11. The van der Waals surface area contributed by atoms with Crippen LogP contribution in [0.15, 0.2) is 20.7 Å². The molecule has 0 atom stereocenters. The van der Waals surface area contributed by atoms with E-state index in [1.165, 1.54) is 11.8 Å². The van der Waals surface area contributed by atoms with Crippen molar-refractivity contribution in [3.05, 3.63) is 6.20 Å². The summed E-state index contributed by atoms with van der Waals surface area (Å²) in [4.78, 5) is 8.10. The summed E-state index contributed by atoms with van der Waals surface area (Å²) in [6.07, 6.45) is 1.62. The first-order chi connectivity index (χ1) is 8.65. The molecule has 0 radical (unpaired) electrons. The first-order valence-electron chi connectivity index (χ1n) is 5.58. The standard InChI is InChI=1S/C10H14N4O2S2/c1-7(2)14-5-9(16-13-14)12-8(15)6-18-10-11-3-4-17-10/h5,7H,3-4,6H2,1-2H3. The summed E-state index contributed by atoms with van der Waals surface area (Å²) < 4.78 is 7.54. The fourth-order valence-corrected chi connectivity index (χ4v) is 3.02. The van der Waals surface area contributed by atoms with Crippen LogP contribution in [0.3, 0.4) is 0 Å². The van der Waals surface area contributed by atoms with E-state index in [4.69, 9.17) is 4.52 Å². The quantitative estimate of drug-likeness (QED) is 0.464. The molecule has 8 heteroatoms. The largest absolute Gasteiger partial charge is 0.861 e. The zero-order valence-corrected chi connectivity index (χ0v) is 11.8. The van der Waals surface area contributed by atoms with Gasteiger partial charge in [-0.2, -0.15) is 0 Å². The minimum absolute atomic E-state index is 0.187. The number of hydrogen-bond donors (Lipinski definition) is 0. The van der Waals surface area contributed by atoms with Gasteiger partial charge in [-0.1, -0.05) is 23.5 Å². The van der Waals surface area contributed by atoms with Crippen LogP contribution < -0.4 is 9.79 Å². The second-order valence-corrected chi connectivity index (χ2v) is 6.21. The summed E-state index contributed by atoms with van der Waals surface area (Å²) in [6, 6.07) is 0.187. The van der Waals surface area contributed by atoms with Gasteiger partial charge >= 0.3 is 5.88 Å². The molecule has 0 bridgehead atoms. The molecule has 1 aromatic heterocycles. The van der Waals surface area contributed by atoms with Crippen molar-refractivity contribution in [2.24, 2.45) is 9.98 Å². The van der Waals surface area contributed by atoms with E-state index in [1.54, 1.807) is 22.6 Å². The molecule has 1 aromatic rings. The molecule has 98 valence electrons. The van der Waals surface area contributed by atoms with Crippen molar-refractivity contribution < 1.29 is 14.3 Å². The first-order valence-corrected chi connectivity index (χ1v) is 7.55. The van der Waals surface area contributed by atoms with Crippen LogP contribution in [0.5, 0.6) is 0 Å². The van der Waals surface area contributed by atoms with Gasteiger partial charge in [0, 0.05) is 11.5 Å². The summed E-state index contributed by atoms with van der Waals surface area (Å²) in [5.74, 6) is 1.30. The van der Waals surface area contributed by atoms with Gasteiger partial charge in [0.1, 0.15) is 4.38 Å². The monoisotopic (exact) mass is 286 g/mol. The van der Waals surface area contributed by atoms with Crippen LogP contribution in [0.4, 0.5) is 5.88 Å². The second-order valence-electron chi connectivity index (χ2n) is 3.90. The number of aromatic nitrogens is 2. The van der Waals surface area contributed by atoms with E-state index in [-0.39, 0.29) is 23.6 Å². The van der Waals surface area contributed by atoms with Gasteiger partial charge in [0.25, 0.3) is 6.20 Å². The van der Waals surface area contributed by atoms with Gasteiger partial charge < -0.3 is 5.11 Å². The normalized spacial score (nSPS) is 16.4. The van der Waals surface area contributed by atoms with Crippen molar-refractivity contribution in [3.63, 3.8) is 0 Å². The molecule has 6 nitrogen and oxygen atoms in total. The lowest BCUT2D eigenvalue weighted by Gasteiger charge is -2.07. The Morgan fingerprint density at radius 2 is 2.56 bits per heavy atom. The highest BCUT2D eigenvalue weighted by molar-refractivity contribution is 8.39. The van der Waals surface area contributed by atoms with Gasteiger partial charge in [-0.3, -0.25) is 9.52 Å². The summed E-state index contributed by atoms with van der Waals surface area (Å²) in [6.45, 7) is 4.79. The van der Waals surface area contributed by atoms with Crippen molar-refractivity contribution in [3.8, 4) is 0 Å². The van der Waals surface area contributed by atoms with Crippen molar-refractivity contribution >= 4 is 39.7 Å². The lowest BCUT2D eigenvalue weighted by atomic mass is 10.4. The van der Waals surface area contributed by atoms with Crippen molar-refractivity contribution in [2.75, 3.05) is 18.1 Å². The van der Waals surface area contributed by atoms with Crippen LogP contribution in [0.1, 0.15) is 19.9 Å². The molecule has 0 fully saturated rings. The molecule has 0 aromatic carbocycles. The average molecular weight is 286 g/mol. The molecule has 1 aliphatic heterocycles. The highest BCUT2D eigenvalue weighted by Crippen LogP contribution is 2.21. The summed E-state index contributed by atoms with van der Waals surface area (Å²) in [5.41, 5.74) is 0. The predicted octanol–water partition coefficient (Wildman–Crippen LogP) is 0.769. The van der Waals surface area contributed by atoms with Crippen LogP contribution in [0.25, 0.3) is 0 Å². The Morgan fingerprint density at radius 1 is 1.72 bits per heavy atom. The smallest absolute Gasteiger partial charge is 0.320 e. The maximum atomic E-state index is 11.6. The number of hydrogen-bond acceptors (Lipinski definition) is 7. The fraction of sp³-hybridized carbons (Fsp3) is 0.600. The molecule has 0 N–H and O–H groups in total. The van der Waals surface area contributed by atoms with Gasteiger partial charge in [0.2, 0.25) is 5.27 Å². The van der Waals surface area contributed by atoms with E-state index in [1.807, 2.05) is 13.8 Å².